The number of carbonyl (C=O) groups excluding carboxylic acids is 1. The van der Waals surface area contributed by atoms with Crippen molar-refractivity contribution in [2.45, 2.75) is 19.9 Å². The van der Waals surface area contributed by atoms with E-state index in [0.29, 0.717) is 19.8 Å². The number of benzene rings is 1. The SMILES string of the molecule is CCOCCN(C)C(=O)C(C)C(N)c1ccccc1. The van der Waals surface area contributed by atoms with E-state index < -0.39 is 0 Å². The van der Waals surface area contributed by atoms with Gasteiger partial charge in [0.25, 0.3) is 0 Å². The molecule has 0 aliphatic rings. The van der Waals surface area contributed by atoms with Crippen LogP contribution in [0.4, 0.5) is 0 Å². The topological polar surface area (TPSA) is 55.6 Å². The monoisotopic (exact) mass is 264 g/mol. The highest BCUT2D eigenvalue weighted by atomic mass is 16.5. The molecule has 2 unspecified atom stereocenters. The van der Waals surface area contributed by atoms with Crippen molar-refractivity contribution < 1.29 is 9.53 Å². The first-order valence-electron chi connectivity index (χ1n) is 6.71. The fraction of sp³-hybridized carbons (Fsp3) is 0.533. The van der Waals surface area contributed by atoms with Crippen LogP contribution in [0, 0.1) is 5.92 Å². The van der Waals surface area contributed by atoms with Gasteiger partial charge >= 0.3 is 0 Å². The van der Waals surface area contributed by atoms with Crippen molar-refractivity contribution in [3.8, 4) is 0 Å². The lowest BCUT2D eigenvalue weighted by atomic mass is 9.94. The summed E-state index contributed by atoms with van der Waals surface area (Å²) in [6.07, 6.45) is 0. The van der Waals surface area contributed by atoms with Gasteiger partial charge in [0.15, 0.2) is 0 Å². The molecular formula is C15H24N2O2. The molecule has 0 saturated heterocycles. The van der Waals surface area contributed by atoms with E-state index in [-0.39, 0.29) is 17.9 Å². The van der Waals surface area contributed by atoms with E-state index in [4.69, 9.17) is 10.5 Å². The number of rotatable bonds is 7. The second-order valence-electron chi connectivity index (χ2n) is 4.68. The van der Waals surface area contributed by atoms with Crippen LogP contribution in [-0.2, 0) is 9.53 Å². The molecule has 0 aliphatic carbocycles. The molecule has 4 heteroatoms. The molecule has 1 aromatic rings. The van der Waals surface area contributed by atoms with E-state index in [2.05, 4.69) is 0 Å². The molecule has 2 atom stereocenters. The average Bonchev–Trinajstić information content (AvgIpc) is 2.46. The molecule has 0 bridgehead atoms. The molecule has 19 heavy (non-hydrogen) atoms. The minimum Gasteiger partial charge on any atom is -0.380 e. The fourth-order valence-corrected chi connectivity index (χ4v) is 1.92. The van der Waals surface area contributed by atoms with E-state index >= 15 is 0 Å². The third kappa shape index (κ3) is 4.65. The second-order valence-corrected chi connectivity index (χ2v) is 4.68. The lowest BCUT2D eigenvalue weighted by molar-refractivity contribution is -0.135. The molecule has 4 nitrogen and oxygen atoms in total. The third-order valence-electron chi connectivity index (χ3n) is 3.26. The average molecular weight is 264 g/mol. The molecule has 0 heterocycles. The predicted octanol–water partition coefficient (Wildman–Crippen LogP) is 1.82. The quantitative estimate of drug-likeness (QED) is 0.764. The first-order chi connectivity index (χ1) is 9.07. The Labute approximate surface area is 115 Å². The van der Waals surface area contributed by atoms with Crippen LogP contribution in [0.3, 0.4) is 0 Å². The number of hydrogen-bond acceptors (Lipinski definition) is 3. The van der Waals surface area contributed by atoms with Gasteiger partial charge < -0.3 is 15.4 Å². The molecule has 0 aromatic heterocycles. The molecule has 0 saturated carbocycles. The lowest BCUT2D eigenvalue weighted by Gasteiger charge is -2.25. The van der Waals surface area contributed by atoms with Gasteiger partial charge in [-0.3, -0.25) is 4.79 Å². The number of nitrogens with two attached hydrogens (primary N) is 1. The molecule has 0 spiro atoms. The fourth-order valence-electron chi connectivity index (χ4n) is 1.92. The molecule has 1 amide bonds. The first-order valence-corrected chi connectivity index (χ1v) is 6.71. The third-order valence-corrected chi connectivity index (χ3v) is 3.26. The number of ether oxygens (including phenoxy) is 1. The Bertz CT molecular complexity index is 381. The van der Waals surface area contributed by atoms with Gasteiger partial charge in [0.05, 0.1) is 12.5 Å². The van der Waals surface area contributed by atoms with Crippen LogP contribution in [0.25, 0.3) is 0 Å². The largest absolute Gasteiger partial charge is 0.380 e. The zero-order valence-corrected chi connectivity index (χ0v) is 12.0. The summed E-state index contributed by atoms with van der Waals surface area (Å²) < 4.78 is 5.25. The van der Waals surface area contributed by atoms with E-state index in [1.807, 2.05) is 44.2 Å². The highest BCUT2D eigenvalue weighted by Crippen LogP contribution is 2.20. The molecular weight excluding hydrogens is 240 g/mol. The summed E-state index contributed by atoms with van der Waals surface area (Å²) >= 11 is 0. The van der Waals surface area contributed by atoms with Crippen molar-refractivity contribution in [3.05, 3.63) is 35.9 Å². The Balaban J connectivity index is 2.56. The summed E-state index contributed by atoms with van der Waals surface area (Å²) in [6, 6.07) is 9.44. The smallest absolute Gasteiger partial charge is 0.227 e. The van der Waals surface area contributed by atoms with Gasteiger partial charge in [-0.2, -0.15) is 0 Å². The molecule has 1 rings (SSSR count). The normalized spacial score (nSPS) is 13.9. The van der Waals surface area contributed by atoms with Gasteiger partial charge in [-0.25, -0.2) is 0 Å². The summed E-state index contributed by atoms with van der Waals surface area (Å²) in [5.74, 6) is -0.190. The van der Waals surface area contributed by atoms with Crippen LogP contribution in [0.5, 0.6) is 0 Å². The van der Waals surface area contributed by atoms with Gasteiger partial charge in [0, 0.05) is 26.2 Å². The zero-order chi connectivity index (χ0) is 14.3. The summed E-state index contributed by atoms with van der Waals surface area (Å²) in [6.45, 7) is 5.64. The van der Waals surface area contributed by atoms with Crippen molar-refractivity contribution in [2.24, 2.45) is 11.7 Å². The second kappa shape index (κ2) is 7.92. The lowest BCUT2D eigenvalue weighted by Crippen LogP contribution is -2.38. The Morgan fingerprint density at radius 3 is 2.58 bits per heavy atom. The maximum atomic E-state index is 12.2. The van der Waals surface area contributed by atoms with Gasteiger partial charge in [-0.15, -0.1) is 0 Å². The van der Waals surface area contributed by atoms with Gasteiger partial charge in [-0.05, 0) is 12.5 Å². The Kier molecular flexibility index (Phi) is 6.53. The number of carbonyl (C=O) groups is 1. The van der Waals surface area contributed by atoms with Crippen LogP contribution < -0.4 is 5.73 Å². The molecule has 0 aliphatic heterocycles. The maximum absolute atomic E-state index is 12.2. The van der Waals surface area contributed by atoms with Crippen molar-refractivity contribution in [2.75, 3.05) is 26.8 Å². The highest BCUT2D eigenvalue weighted by molar-refractivity contribution is 5.79. The molecule has 0 fully saturated rings. The molecule has 1 aromatic carbocycles. The van der Waals surface area contributed by atoms with E-state index in [1.165, 1.54) is 0 Å². The standard InChI is InChI=1S/C15H24N2O2/c1-4-19-11-10-17(3)15(18)12(2)14(16)13-8-6-5-7-9-13/h5-9,12,14H,4,10-11,16H2,1-3H3. The Morgan fingerprint density at radius 1 is 1.37 bits per heavy atom. The number of hydrogen-bond donors (Lipinski definition) is 1. The van der Waals surface area contributed by atoms with Crippen molar-refractivity contribution in [3.63, 3.8) is 0 Å². The summed E-state index contributed by atoms with van der Waals surface area (Å²) in [5, 5.41) is 0. The van der Waals surface area contributed by atoms with E-state index in [9.17, 15) is 4.79 Å². The minimum absolute atomic E-state index is 0.0519. The molecule has 106 valence electrons. The Hall–Kier alpha value is -1.39. The predicted molar refractivity (Wildman–Crippen MR) is 76.7 cm³/mol. The zero-order valence-electron chi connectivity index (χ0n) is 12.0. The number of nitrogens with zero attached hydrogens (tertiary/aromatic N) is 1. The summed E-state index contributed by atoms with van der Waals surface area (Å²) in [7, 11) is 1.79. The maximum Gasteiger partial charge on any atom is 0.227 e. The van der Waals surface area contributed by atoms with Crippen molar-refractivity contribution in [1.29, 1.82) is 0 Å². The van der Waals surface area contributed by atoms with Crippen LogP contribution in [0.15, 0.2) is 30.3 Å². The van der Waals surface area contributed by atoms with E-state index in [0.717, 1.165) is 5.56 Å². The number of amides is 1. The van der Waals surface area contributed by atoms with Crippen molar-refractivity contribution in [1.82, 2.24) is 4.90 Å². The van der Waals surface area contributed by atoms with Gasteiger partial charge in [0.2, 0.25) is 5.91 Å². The first kappa shape index (κ1) is 15.7. The highest BCUT2D eigenvalue weighted by Gasteiger charge is 2.24. The van der Waals surface area contributed by atoms with Crippen LogP contribution in [0.1, 0.15) is 25.5 Å². The van der Waals surface area contributed by atoms with Crippen LogP contribution >= 0.6 is 0 Å². The summed E-state index contributed by atoms with van der Waals surface area (Å²) in [5.41, 5.74) is 7.14. The summed E-state index contributed by atoms with van der Waals surface area (Å²) in [4.78, 5) is 13.9. The number of likely N-dealkylation sites (N-methyl/N-ethyl adjacent to an activating group) is 1. The van der Waals surface area contributed by atoms with Gasteiger partial charge in [0.1, 0.15) is 0 Å². The molecule has 0 radical (unpaired) electrons. The van der Waals surface area contributed by atoms with Gasteiger partial charge in [-0.1, -0.05) is 37.3 Å². The molecule has 2 N–H and O–H groups in total. The van der Waals surface area contributed by atoms with E-state index in [1.54, 1.807) is 11.9 Å². The Morgan fingerprint density at radius 2 is 2.00 bits per heavy atom. The van der Waals surface area contributed by atoms with Crippen molar-refractivity contribution >= 4 is 5.91 Å². The minimum atomic E-state index is -0.275. The van der Waals surface area contributed by atoms with Crippen LogP contribution in [0.2, 0.25) is 0 Å². The van der Waals surface area contributed by atoms with Crippen LogP contribution in [-0.4, -0.2) is 37.6 Å².